The fourth-order valence-electron chi connectivity index (χ4n) is 10.5. The van der Waals surface area contributed by atoms with Crippen molar-refractivity contribution < 1.29 is 94.0 Å². The van der Waals surface area contributed by atoms with Crippen LogP contribution in [0, 0.1) is 5.92 Å². The molecule has 1 unspecified atom stereocenters. The third-order valence-electron chi connectivity index (χ3n) is 15.2. The first-order valence-corrected chi connectivity index (χ1v) is 33.2. The van der Waals surface area contributed by atoms with E-state index in [2.05, 4.69) is 56.5 Å². The molecule has 0 aliphatic carbocycles. The molecule has 37 nitrogen and oxygen atoms in total. The fourth-order valence-corrected chi connectivity index (χ4v) is 13.1. The number of nitrogens with two attached hydrogens (primary N) is 2. The van der Waals surface area contributed by atoms with Crippen LogP contribution in [0.5, 0.6) is 0 Å². The van der Waals surface area contributed by atoms with Gasteiger partial charge in [-0.1, -0.05) is 26.0 Å². The number of carbonyl (C=O) groups excluding carboxylic acids is 8. The molecule has 0 radical (unpaired) electrons. The van der Waals surface area contributed by atoms with Gasteiger partial charge in [0.2, 0.25) is 23.7 Å². The van der Waals surface area contributed by atoms with Crippen molar-refractivity contribution >= 4 is 114 Å². The Labute approximate surface area is 530 Å². The van der Waals surface area contributed by atoms with Crippen LogP contribution in [0.25, 0.3) is 22.3 Å². The van der Waals surface area contributed by atoms with Crippen molar-refractivity contribution in [2.45, 2.75) is 100 Å². The number of H-pyrrole nitrogens is 1. The van der Waals surface area contributed by atoms with Crippen LogP contribution < -0.4 is 43.6 Å². The number of likely N-dealkylation sites (N-methyl/N-ethyl adjacent to an activating group) is 1. The van der Waals surface area contributed by atoms with Crippen LogP contribution in [0.3, 0.4) is 0 Å². The minimum absolute atomic E-state index is 0.0330. The average molecular weight is 1360 g/mol. The molecule has 5 aromatic rings. The number of aromatic nitrogens is 8. The number of primary amides is 1. The minimum atomic E-state index is -4.35. The molecule has 500 valence electrons. The number of rotatable bonds is 21. The van der Waals surface area contributed by atoms with Crippen molar-refractivity contribution in [3.63, 3.8) is 0 Å². The number of imidazole rings is 2. The number of fused-ring (bicyclic) bond motifs is 4. The molecule has 5 aliphatic heterocycles. The summed E-state index contributed by atoms with van der Waals surface area (Å²) in [5.74, 6) is -3.93. The van der Waals surface area contributed by atoms with Crippen LogP contribution in [-0.2, 0) is 88.7 Å². The van der Waals surface area contributed by atoms with Gasteiger partial charge in [-0.3, -0.25) is 66.7 Å². The number of anilines is 3. The maximum Gasteiger partial charge on any atom is 0.414 e. The highest BCUT2D eigenvalue weighted by atomic mass is 32.5. The second-order valence-electron chi connectivity index (χ2n) is 22.2. The smallest absolute Gasteiger partial charge is 0.414 e. The molecule has 11 N–H and O–H groups in total. The third kappa shape index (κ3) is 15.4. The normalized spacial score (nSPS) is 26.6. The Balaban J connectivity index is 0.710. The first kappa shape index (κ1) is 67.4. The largest absolute Gasteiger partial charge is 0.447 e. The van der Waals surface area contributed by atoms with E-state index in [0.29, 0.717) is 5.56 Å². The molecule has 4 fully saturated rings. The zero-order valence-electron chi connectivity index (χ0n) is 49.8. The van der Waals surface area contributed by atoms with Gasteiger partial charge in [0.05, 0.1) is 39.0 Å². The van der Waals surface area contributed by atoms with Gasteiger partial charge in [0, 0.05) is 51.1 Å². The molecule has 10 rings (SSSR count). The number of aromatic amines is 1. The van der Waals surface area contributed by atoms with Gasteiger partial charge in [-0.15, -0.1) is 0 Å². The van der Waals surface area contributed by atoms with Gasteiger partial charge in [-0.25, -0.2) is 38.7 Å². The van der Waals surface area contributed by atoms with E-state index >= 15 is 4.39 Å². The van der Waals surface area contributed by atoms with E-state index in [0.717, 1.165) is 39.5 Å². The lowest BCUT2D eigenvalue weighted by Crippen LogP contribution is -2.54. The van der Waals surface area contributed by atoms with Gasteiger partial charge in [0.25, 0.3) is 17.4 Å². The van der Waals surface area contributed by atoms with Gasteiger partial charge in [-0.2, -0.15) is 4.98 Å². The lowest BCUT2D eigenvalue weighted by atomic mass is 10.0. The molecule has 4 bridgehead atoms. The van der Waals surface area contributed by atoms with Crippen molar-refractivity contribution in [3.05, 3.63) is 71.3 Å². The van der Waals surface area contributed by atoms with Crippen LogP contribution in [0.15, 0.2) is 60.2 Å². The Hall–Kier alpha value is -8.49. The van der Waals surface area contributed by atoms with Crippen LogP contribution in [0.2, 0.25) is 0 Å². The summed E-state index contributed by atoms with van der Waals surface area (Å²) < 4.78 is 86.3. The van der Waals surface area contributed by atoms with E-state index < -0.39 is 160 Å². The summed E-state index contributed by atoms with van der Waals surface area (Å²) in [6.45, 7) is -2.37. The van der Waals surface area contributed by atoms with Gasteiger partial charge in [0.15, 0.2) is 41.3 Å². The Kier molecular flexibility index (Phi) is 20.3. The van der Waals surface area contributed by atoms with E-state index in [1.165, 1.54) is 36.4 Å². The molecule has 9 amide bonds. The van der Waals surface area contributed by atoms with Crippen molar-refractivity contribution in [3.8, 4) is 0 Å². The van der Waals surface area contributed by atoms with Crippen LogP contribution >= 0.6 is 14.3 Å². The summed E-state index contributed by atoms with van der Waals surface area (Å²) in [6.07, 6.45) is -6.54. The molecule has 93 heavy (non-hydrogen) atoms. The van der Waals surface area contributed by atoms with E-state index in [9.17, 15) is 52.6 Å². The lowest BCUT2D eigenvalue weighted by Gasteiger charge is -2.33. The molecule has 1 aromatic carbocycles. The topological polar surface area (TPSA) is 483 Å². The lowest BCUT2D eigenvalue weighted by molar-refractivity contribution is -0.183. The number of urea groups is 1. The average Bonchev–Trinajstić information content (AvgIpc) is 1.57. The summed E-state index contributed by atoms with van der Waals surface area (Å²) in [5.41, 5.74) is 9.43. The number of alkyl halides is 1. The van der Waals surface area contributed by atoms with Gasteiger partial charge < -0.3 is 75.3 Å². The van der Waals surface area contributed by atoms with Crippen LogP contribution in [-0.4, -0.2) is 210 Å². The summed E-state index contributed by atoms with van der Waals surface area (Å²) >= 11 is 5.40. The first-order valence-electron chi connectivity index (χ1n) is 28.6. The van der Waals surface area contributed by atoms with Crippen molar-refractivity contribution in [1.29, 1.82) is 0 Å². The molecule has 5 aliphatic rings. The van der Waals surface area contributed by atoms with E-state index in [1.807, 2.05) is 0 Å². The molecule has 9 heterocycles. The number of ether oxygens (including phenoxy) is 5. The Morgan fingerprint density at radius 2 is 1.65 bits per heavy atom. The van der Waals surface area contributed by atoms with E-state index in [1.54, 1.807) is 26.0 Å². The highest BCUT2D eigenvalue weighted by Crippen LogP contribution is 2.58. The summed E-state index contributed by atoms with van der Waals surface area (Å²) in [7, 11) is -2.99. The number of nitrogens with zero attached hydrogens (tertiary/aromatic N) is 9. The van der Waals surface area contributed by atoms with Crippen molar-refractivity contribution in [2.75, 3.05) is 76.1 Å². The number of hydrogen-bond donors (Lipinski definition) is 9. The maximum atomic E-state index is 16.6. The predicted molar refractivity (Wildman–Crippen MR) is 320 cm³/mol. The zero-order chi connectivity index (χ0) is 66.7. The second-order valence-corrected chi connectivity index (χ2v) is 27.0. The van der Waals surface area contributed by atoms with Crippen molar-refractivity contribution in [2.24, 2.45) is 11.7 Å². The number of nitrogens with one attached hydrogen (secondary N) is 6. The standard InChI is InChI=1S/C52H64FN17O20P2S/c1-25(2)34(63-30(71)13-15-68-31(72)11-12-32(68)73)44(75)62-28(6-5-14-56-48(55)77)43(74)61-27-9-7-26(8-10-27)18-83-51(79)67(3)16-17-82-50(78)66-49-64-42-36(45(76)65-49)60-24-70(42)46-37-33(53)29(87-46)19-85-92(81,93)90-39-38-47(69-23-59-35-40(54)57-22-58-41(35)69)88-52(39,20-84-38)21-86-91(4,80)89-37/h7-12,22-25,28-29,33-34,37-39,46-47H,5-6,13-21H2,1-4H3,(H,61,74)(H,62,75)(H,63,71)(H,81,93)(H2,54,57,58)(H3,55,56,77)(H2,64,65,66,76,78)/t28-,29+,33+,34-,37+,38+,39-,46+,47+,52+,91-,92?/m0/s1. The number of imide groups is 1. The van der Waals surface area contributed by atoms with E-state index in [-0.39, 0.29) is 85.9 Å². The Morgan fingerprint density at radius 3 is 2.37 bits per heavy atom. The zero-order valence-corrected chi connectivity index (χ0v) is 52.4. The highest BCUT2D eigenvalue weighted by molar-refractivity contribution is 8.07. The summed E-state index contributed by atoms with van der Waals surface area (Å²) in [6, 6.07) is 3.06. The SMILES string of the molecule is CC(C)[C@H](NC(=O)CCN1C(=O)C=CC1=O)C(=O)N[C@@H](CCCNC(N)=O)C(=O)Nc1ccc(COC(=O)N(C)CCOC(=O)Nc2nc3c(ncn3[C@@H]3O[C@@H]4COP(O)(=S)O[C@H]5[C@H]6OC[C@]5(CO[P@](C)(=O)O[C@@H]3[C@@H]4F)O[C@H]6n3cnc4c(N)ncnc43)c(=O)[nH]2)cc1. The predicted octanol–water partition coefficient (Wildman–Crippen LogP) is 0.445. The minimum Gasteiger partial charge on any atom is -0.447 e. The molecular formula is C52H64FN17O20P2S. The number of hydrogen-bond acceptors (Lipinski definition) is 26. The molecule has 12 atom stereocenters. The fraction of sp³-hybridized carbons (Fsp3) is 0.500. The van der Waals surface area contributed by atoms with Gasteiger partial charge in [0.1, 0.15) is 67.2 Å². The monoisotopic (exact) mass is 1360 g/mol. The Bertz CT molecular complexity index is 3900. The number of carbonyl (C=O) groups is 8. The number of amides is 9. The molecule has 4 aromatic heterocycles. The number of benzene rings is 1. The summed E-state index contributed by atoms with van der Waals surface area (Å²) in [4.78, 5) is 151. The molecule has 0 saturated carbocycles. The summed E-state index contributed by atoms with van der Waals surface area (Å²) in [5, 5.41) is 12.7. The van der Waals surface area contributed by atoms with Gasteiger partial charge >= 0.3 is 32.5 Å². The Morgan fingerprint density at radius 1 is 0.925 bits per heavy atom. The first-order chi connectivity index (χ1) is 44.2. The molecule has 4 saturated heterocycles. The molecule has 0 spiro atoms. The molecular weight excluding hydrogens is 1300 g/mol. The van der Waals surface area contributed by atoms with Gasteiger partial charge in [-0.05, 0) is 48.3 Å². The van der Waals surface area contributed by atoms with Crippen LogP contribution in [0.4, 0.5) is 36.2 Å². The van der Waals surface area contributed by atoms with Crippen LogP contribution in [0.1, 0.15) is 51.1 Å². The highest BCUT2D eigenvalue weighted by Gasteiger charge is 2.65. The van der Waals surface area contributed by atoms with Crippen molar-refractivity contribution in [1.82, 2.24) is 64.8 Å². The second kappa shape index (κ2) is 28.0. The van der Waals surface area contributed by atoms with E-state index in [4.69, 9.17) is 65.1 Å². The maximum absolute atomic E-state index is 16.6. The number of halogens is 1. The molecule has 41 heteroatoms. The third-order valence-corrected chi connectivity index (χ3v) is 18.0. The quantitative estimate of drug-likeness (QED) is 0.0273. The number of nitrogen functional groups attached to an aromatic ring is 1.